The predicted molar refractivity (Wildman–Crippen MR) is 78.7 cm³/mol. The molecular weight excluding hydrogens is 236 g/mol. The summed E-state index contributed by atoms with van der Waals surface area (Å²) in [6.07, 6.45) is 5.91. The van der Waals surface area contributed by atoms with E-state index < -0.39 is 0 Å². The lowest BCUT2D eigenvalue weighted by Crippen LogP contribution is -2.41. The summed E-state index contributed by atoms with van der Waals surface area (Å²) in [6.45, 7) is 2.75. The number of piperidine rings is 1. The van der Waals surface area contributed by atoms with Gasteiger partial charge in [-0.15, -0.1) is 0 Å². The van der Waals surface area contributed by atoms with Gasteiger partial charge in [0, 0.05) is 19.2 Å². The van der Waals surface area contributed by atoms with E-state index in [-0.39, 0.29) is 5.91 Å². The maximum absolute atomic E-state index is 12.1. The zero-order valence-corrected chi connectivity index (χ0v) is 11.5. The van der Waals surface area contributed by atoms with E-state index in [0.29, 0.717) is 5.92 Å². The monoisotopic (exact) mass is 258 g/mol. The first-order valence-corrected chi connectivity index (χ1v) is 6.96. The van der Waals surface area contributed by atoms with Crippen LogP contribution in [0.25, 0.3) is 6.08 Å². The van der Waals surface area contributed by atoms with Gasteiger partial charge >= 0.3 is 0 Å². The van der Waals surface area contributed by atoms with E-state index >= 15 is 0 Å². The van der Waals surface area contributed by atoms with E-state index in [1.54, 1.807) is 6.08 Å². The minimum atomic E-state index is 0.129. The molecule has 3 nitrogen and oxygen atoms in total. The van der Waals surface area contributed by atoms with E-state index in [9.17, 15) is 4.79 Å². The molecule has 0 bridgehead atoms. The Morgan fingerprint density at radius 1 is 1.42 bits per heavy atom. The average Bonchev–Trinajstić information content (AvgIpc) is 2.46. The van der Waals surface area contributed by atoms with Crippen LogP contribution in [0.3, 0.4) is 0 Å². The van der Waals surface area contributed by atoms with Gasteiger partial charge in [-0.2, -0.15) is 0 Å². The van der Waals surface area contributed by atoms with Gasteiger partial charge in [0.15, 0.2) is 0 Å². The Labute approximate surface area is 115 Å². The standard InChI is InChI=1S/C16H22N2O/c1-17-12-15-8-5-11-18(13-15)16(19)10-9-14-6-3-2-4-7-14/h2-4,6-7,9-10,15,17H,5,8,11-13H2,1H3/b10-9+. The van der Waals surface area contributed by atoms with Crippen LogP contribution in [0.5, 0.6) is 0 Å². The molecule has 0 spiro atoms. The summed E-state index contributed by atoms with van der Waals surface area (Å²) in [7, 11) is 1.97. The Hall–Kier alpha value is -1.61. The quantitative estimate of drug-likeness (QED) is 0.839. The van der Waals surface area contributed by atoms with Crippen molar-refractivity contribution >= 4 is 12.0 Å². The Bertz CT molecular complexity index is 426. The van der Waals surface area contributed by atoms with Gasteiger partial charge in [0.05, 0.1) is 0 Å². The molecule has 1 aliphatic rings. The van der Waals surface area contributed by atoms with E-state index in [4.69, 9.17) is 0 Å². The second-order valence-electron chi connectivity index (χ2n) is 5.09. The van der Waals surface area contributed by atoms with E-state index in [1.165, 1.54) is 6.42 Å². The summed E-state index contributed by atoms with van der Waals surface area (Å²) in [5, 5.41) is 3.20. The van der Waals surface area contributed by atoms with Gasteiger partial charge < -0.3 is 10.2 Å². The van der Waals surface area contributed by atoms with Gasteiger partial charge in [0.1, 0.15) is 0 Å². The molecule has 0 aliphatic carbocycles. The molecule has 1 heterocycles. The zero-order valence-electron chi connectivity index (χ0n) is 11.5. The molecule has 0 aromatic heterocycles. The first-order valence-electron chi connectivity index (χ1n) is 6.96. The number of nitrogens with one attached hydrogen (secondary N) is 1. The summed E-state index contributed by atoms with van der Waals surface area (Å²) in [6, 6.07) is 9.95. The van der Waals surface area contributed by atoms with Crippen molar-refractivity contribution in [2.24, 2.45) is 5.92 Å². The van der Waals surface area contributed by atoms with Crippen LogP contribution in [0.2, 0.25) is 0 Å². The van der Waals surface area contributed by atoms with Crippen molar-refractivity contribution in [1.29, 1.82) is 0 Å². The maximum Gasteiger partial charge on any atom is 0.246 e. The Kier molecular flexibility index (Phi) is 5.16. The molecule has 1 aliphatic heterocycles. The third-order valence-electron chi connectivity index (χ3n) is 3.54. The van der Waals surface area contributed by atoms with Crippen molar-refractivity contribution in [3.05, 3.63) is 42.0 Å². The van der Waals surface area contributed by atoms with Gasteiger partial charge in [-0.25, -0.2) is 0 Å². The second kappa shape index (κ2) is 7.10. The van der Waals surface area contributed by atoms with Crippen LogP contribution in [-0.2, 0) is 4.79 Å². The van der Waals surface area contributed by atoms with Crippen LogP contribution in [0.4, 0.5) is 0 Å². The second-order valence-corrected chi connectivity index (χ2v) is 5.09. The summed E-state index contributed by atoms with van der Waals surface area (Å²) in [5.74, 6) is 0.720. The summed E-state index contributed by atoms with van der Waals surface area (Å²) < 4.78 is 0. The molecular formula is C16H22N2O. The molecule has 3 heteroatoms. The molecule has 1 amide bonds. The summed E-state index contributed by atoms with van der Waals surface area (Å²) in [5.41, 5.74) is 1.07. The van der Waals surface area contributed by atoms with Gasteiger partial charge in [-0.05, 0) is 44.0 Å². The Morgan fingerprint density at radius 3 is 2.95 bits per heavy atom. The number of carbonyl (C=O) groups excluding carboxylic acids is 1. The minimum absolute atomic E-state index is 0.129. The summed E-state index contributed by atoms with van der Waals surface area (Å²) >= 11 is 0. The average molecular weight is 258 g/mol. The third kappa shape index (κ3) is 4.21. The van der Waals surface area contributed by atoms with Crippen molar-refractivity contribution in [3.63, 3.8) is 0 Å². The number of hydrogen-bond donors (Lipinski definition) is 1. The van der Waals surface area contributed by atoms with Crippen molar-refractivity contribution in [3.8, 4) is 0 Å². The Balaban J connectivity index is 1.90. The van der Waals surface area contributed by atoms with Crippen molar-refractivity contribution in [2.75, 3.05) is 26.7 Å². The fourth-order valence-electron chi connectivity index (χ4n) is 2.56. The molecule has 1 unspecified atom stereocenters. The van der Waals surface area contributed by atoms with Gasteiger partial charge in [-0.1, -0.05) is 30.3 Å². The van der Waals surface area contributed by atoms with Crippen LogP contribution in [0, 0.1) is 5.92 Å². The number of rotatable bonds is 4. The number of amides is 1. The number of hydrogen-bond acceptors (Lipinski definition) is 2. The molecule has 2 rings (SSSR count). The molecule has 102 valence electrons. The zero-order chi connectivity index (χ0) is 13.5. The number of likely N-dealkylation sites (tertiary alicyclic amines) is 1. The van der Waals surface area contributed by atoms with Gasteiger partial charge in [0.25, 0.3) is 0 Å². The highest BCUT2D eigenvalue weighted by atomic mass is 16.2. The topological polar surface area (TPSA) is 32.3 Å². The third-order valence-corrected chi connectivity index (χ3v) is 3.54. The van der Waals surface area contributed by atoms with Gasteiger partial charge in [0.2, 0.25) is 5.91 Å². The molecule has 0 radical (unpaired) electrons. The minimum Gasteiger partial charge on any atom is -0.339 e. The van der Waals surface area contributed by atoms with Crippen molar-refractivity contribution in [1.82, 2.24) is 10.2 Å². The van der Waals surface area contributed by atoms with Crippen LogP contribution in [0.1, 0.15) is 18.4 Å². The number of benzene rings is 1. The highest BCUT2D eigenvalue weighted by Crippen LogP contribution is 2.16. The fraction of sp³-hybridized carbons (Fsp3) is 0.438. The largest absolute Gasteiger partial charge is 0.339 e. The molecule has 19 heavy (non-hydrogen) atoms. The predicted octanol–water partition coefficient (Wildman–Crippen LogP) is 2.16. The molecule has 1 aromatic carbocycles. The highest BCUT2D eigenvalue weighted by molar-refractivity contribution is 5.91. The Morgan fingerprint density at radius 2 is 2.21 bits per heavy atom. The molecule has 1 N–H and O–H groups in total. The van der Waals surface area contributed by atoms with E-state index in [0.717, 1.165) is 31.6 Å². The normalized spacial score (nSPS) is 19.8. The number of nitrogens with zero attached hydrogens (tertiary/aromatic N) is 1. The van der Waals surface area contributed by atoms with Crippen LogP contribution in [0.15, 0.2) is 36.4 Å². The van der Waals surface area contributed by atoms with Crippen molar-refractivity contribution in [2.45, 2.75) is 12.8 Å². The SMILES string of the molecule is CNCC1CCCN(C(=O)/C=C/c2ccccc2)C1. The lowest BCUT2D eigenvalue weighted by atomic mass is 9.98. The van der Waals surface area contributed by atoms with Gasteiger partial charge in [-0.3, -0.25) is 4.79 Å². The van der Waals surface area contributed by atoms with E-state index in [1.807, 2.05) is 48.4 Å². The van der Waals surface area contributed by atoms with Crippen LogP contribution >= 0.6 is 0 Å². The molecule has 1 saturated heterocycles. The molecule has 0 saturated carbocycles. The van der Waals surface area contributed by atoms with Crippen LogP contribution in [-0.4, -0.2) is 37.5 Å². The van der Waals surface area contributed by atoms with Crippen molar-refractivity contribution < 1.29 is 4.79 Å². The lowest BCUT2D eigenvalue weighted by Gasteiger charge is -2.32. The van der Waals surface area contributed by atoms with E-state index in [2.05, 4.69) is 5.32 Å². The first-order chi connectivity index (χ1) is 9.29. The smallest absolute Gasteiger partial charge is 0.246 e. The summed E-state index contributed by atoms with van der Waals surface area (Å²) in [4.78, 5) is 14.1. The molecule has 1 aromatic rings. The van der Waals surface area contributed by atoms with Crippen LogP contribution < -0.4 is 5.32 Å². The highest BCUT2D eigenvalue weighted by Gasteiger charge is 2.21. The fourth-order valence-corrected chi connectivity index (χ4v) is 2.56. The first kappa shape index (κ1) is 13.8. The molecule has 1 fully saturated rings. The number of carbonyl (C=O) groups is 1. The maximum atomic E-state index is 12.1. The molecule has 1 atom stereocenters. The lowest BCUT2D eigenvalue weighted by molar-refractivity contribution is -0.127.